The lowest BCUT2D eigenvalue weighted by Crippen LogP contribution is -2.21. The van der Waals surface area contributed by atoms with Crippen LogP contribution in [0.2, 0.25) is 0 Å². The molecule has 3 aromatic rings. The molecule has 0 unspecified atom stereocenters. The van der Waals surface area contributed by atoms with Crippen LogP contribution in [0.4, 0.5) is 5.69 Å². The monoisotopic (exact) mass is 407 g/mol. The number of carbonyl (C=O) groups is 2. The molecule has 0 spiro atoms. The Kier molecular flexibility index (Phi) is 6.85. The quantitative estimate of drug-likeness (QED) is 0.575. The predicted molar refractivity (Wildman–Crippen MR) is 114 cm³/mol. The fraction of sp³-hybridized carbons (Fsp3) is 0.261. The van der Waals surface area contributed by atoms with Crippen LogP contribution in [-0.4, -0.2) is 34.9 Å². The fourth-order valence-electron chi connectivity index (χ4n) is 3.10. The Labute approximate surface area is 175 Å². The molecule has 0 radical (unpaired) electrons. The van der Waals surface area contributed by atoms with Crippen molar-refractivity contribution in [1.82, 2.24) is 9.78 Å². The van der Waals surface area contributed by atoms with E-state index in [2.05, 4.69) is 10.4 Å². The van der Waals surface area contributed by atoms with Crippen molar-refractivity contribution < 1.29 is 19.1 Å². The van der Waals surface area contributed by atoms with Gasteiger partial charge in [-0.2, -0.15) is 5.10 Å². The van der Waals surface area contributed by atoms with Crippen molar-refractivity contribution in [3.8, 4) is 5.75 Å². The van der Waals surface area contributed by atoms with Gasteiger partial charge in [0.15, 0.2) is 6.61 Å². The molecule has 0 fully saturated rings. The van der Waals surface area contributed by atoms with Crippen LogP contribution in [0.25, 0.3) is 0 Å². The maximum Gasteiger partial charge on any atom is 0.342 e. The van der Waals surface area contributed by atoms with Crippen LogP contribution in [-0.2, 0) is 16.1 Å². The molecular weight excluding hydrogens is 382 g/mol. The lowest BCUT2D eigenvalue weighted by molar-refractivity contribution is -0.119. The van der Waals surface area contributed by atoms with Crippen molar-refractivity contribution in [2.75, 3.05) is 18.5 Å². The van der Waals surface area contributed by atoms with E-state index in [0.717, 1.165) is 11.3 Å². The average molecular weight is 407 g/mol. The summed E-state index contributed by atoms with van der Waals surface area (Å²) in [6.07, 6.45) is 0. The van der Waals surface area contributed by atoms with Gasteiger partial charge in [0.05, 0.1) is 24.5 Å². The molecule has 1 amide bonds. The van der Waals surface area contributed by atoms with E-state index in [1.54, 1.807) is 35.9 Å². The second-order valence-corrected chi connectivity index (χ2v) is 6.77. The lowest BCUT2D eigenvalue weighted by atomic mass is 10.2. The summed E-state index contributed by atoms with van der Waals surface area (Å²) >= 11 is 0. The first-order chi connectivity index (χ1) is 14.5. The van der Waals surface area contributed by atoms with Gasteiger partial charge in [-0.1, -0.05) is 30.3 Å². The molecule has 7 heteroatoms. The van der Waals surface area contributed by atoms with E-state index in [4.69, 9.17) is 9.47 Å². The third-order valence-electron chi connectivity index (χ3n) is 4.54. The molecule has 0 saturated heterocycles. The topological polar surface area (TPSA) is 82.4 Å². The number of anilines is 1. The van der Waals surface area contributed by atoms with Crippen molar-refractivity contribution in [1.29, 1.82) is 0 Å². The van der Waals surface area contributed by atoms with Crippen LogP contribution in [0.5, 0.6) is 5.75 Å². The number of aryl methyl sites for hydroxylation is 1. The van der Waals surface area contributed by atoms with E-state index in [0.29, 0.717) is 35.8 Å². The van der Waals surface area contributed by atoms with Crippen molar-refractivity contribution in [3.05, 3.63) is 77.1 Å². The van der Waals surface area contributed by atoms with Crippen LogP contribution in [0.3, 0.4) is 0 Å². The van der Waals surface area contributed by atoms with Gasteiger partial charge in [-0.15, -0.1) is 0 Å². The first-order valence-corrected chi connectivity index (χ1v) is 9.75. The minimum atomic E-state index is -0.564. The van der Waals surface area contributed by atoms with Gasteiger partial charge in [0.2, 0.25) is 0 Å². The minimum absolute atomic E-state index is 0.380. The third kappa shape index (κ3) is 5.26. The summed E-state index contributed by atoms with van der Waals surface area (Å²) in [7, 11) is 0. The molecule has 30 heavy (non-hydrogen) atoms. The number of esters is 1. The number of nitrogens with one attached hydrogen (secondary N) is 1. The van der Waals surface area contributed by atoms with Crippen LogP contribution in [0, 0.1) is 13.8 Å². The van der Waals surface area contributed by atoms with Gasteiger partial charge in [0.1, 0.15) is 11.3 Å². The van der Waals surface area contributed by atoms with Crippen molar-refractivity contribution in [2.45, 2.75) is 27.3 Å². The third-order valence-corrected chi connectivity index (χ3v) is 4.54. The zero-order valence-electron chi connectivity index (χ0n) is 17.3. The molecule has 3 rings (SSSR count). The lowest BCUT2D eigenvalue weighted by Gasteiger charge is -2.08. The summed E-state index contributed by atoms with van der Waals surface area (Å²) in [4.78, 5) is 24.7. The Balaban J connectivity index is 1.58. The van der Waals surface area contributed by atoms with Crippen molar-refractivity contribution in [3.63, 3.8) is 0 Å². The smallest absolute Gasteiger partial charge is 0.342 e. The molecular formula is C23H25N3O4. The molecule has 7 nitrogen and oxygen atoms in total. The van der Waals surface area contributed by atoms with Gasteiger partial charge < -0.3 is 14.8 Å². The Hall–Kier alpha value is -3.61. The fourth-order valence-corrected chi connectivity index (χ4v) is 3.10. The van der Waals surface area contributed by atoms with E-state index in [1.165, 1.54) is 0 Å². The van der Waals surface area contributed by atoms with Gasteiger partial charge in [-0.25, -0.2) is 4.79 Å². The Morgan fingerprint density at radius 2 is 1.73 bits per heavy atom. The molecule has 0 bridgehead atoms. The van der Waals surface area contributed by atoms with Crippen molar-refractivity contribution in [2.24, 2.45) is 0 Å². The van der Waals surface area contributed by atoms with E-state index >= 15 is 0 Å². The highest BCUT2D eigenvalue weighted by Gasteiger charge is 2.21. The number of hydrogen-bond acceptors (Lipinski definition) is 5. The highest BCUT2D eigenvalue weighted by molar-refractivity contribution is 5.96. The van der Waals surface area contributed by atoms with Crippen LogP contribution >= 0.6 is 0 Å². The molecule has 0 aliphatic carbocycles. The number of rotatable bonds is 8. The first kappa shape index (κ1) is 21.1. The molecule has 1 heterocycles. The maximum atomic E-state index is 12.6. The van der Waals surface area contributed by atoms with E-state index in [9.17, 15) is 9.59 Å². The summed E-state index contributed by atoms with van der Waals surface area (Å²) < 4.78 is 12.4. The largest absolute Gasteiger partial charge is 0.494 e. The SMILES string of the molecule is CCOc1ccc(NC(=O)COC(=O)c2c(C)nn(Cc3ccccc3)c2C)cc1. The minimum Gasteiger partial charge on any atom is -0.494 e. The predicted octanol–water partition coefficient (Wildman–Crippen LogP) is 3.74. The molecule has 1 N–H and O–H groups in total. The first-order valence-electron chi connectivity index (χ1n) is 9.75. The van der Waals surface area contributed by atoms with E-state index in [1.807, 2.05) is 44.2 Å². The maximum absolute atomic E-state index is 12.6. The number of nitrogens with zero attached hydrogens (tertiary/aromatic N) is 2. The van der Waals surface area contributed by atoms with E-state index < -0.39 is 11.9 Å². The average Bonchev–Trinajstić information content (AvgIpc) is 3.01. The Morgan fingerprint density at radius 3 is 2.40 bits per heavy atom. The second-order valence-electron chi connectivity index (χ2n) is 6.77. The molecule has 0 atom stereocenters. The zero-order chi connectivity index (χ0) is 21.5. The highest BCUT2D eigenvalue weighted by atomic mass is 16.5. The molecule has 156 valence electrons. The Morgan fingerprint density at radius 1 is 1.03 bits per heavy atom. The van der Waals surface area contributed by atoms with Crippen molar-refractivity contribution >= 4 is 17.6 Å². The molecule has 0 aliphatic rings. The summed E-state index contributed by atoms with van der Waals surface area (Å²) in [5, 5.41) is 7.14. The highest BCUT2D eigenvalue weighted by Crippen LogP contribution is 2.17. The normalized spacial score (nSPS) is 10.5. The number of ether oxygens (including phenoxy) is 2. The molecule has 1 aromatic heterocycles. The standard InChI is InChI=1S/C23H25N3O4/c1-4-29-20-12-10-19(11-13-20)24-21(27)15-30-23(28)22-16(2)25-26(17(22)3)14-18-8-6-5-7-9-18/h5-13H,4,14-15H2,1-3H3,(H,24,27). The van der Waals surface area contributed by atoms with Crippen LogP contribution in [0.1, 0.15) is 34.2 Å². The summed E-state index contributed by atoms with van der Waals surface area (Å²) in [5.41, 5.74) is 3.34. The second kappa shape index (κ2) is 9.73. The zero-order valence-corrected chi connectivity index (χ0v) is 17.3. The summed E-state index contributed by atoms with van der Waals surface area (Å²) in [5.74, 6) is -0.258. The molecule has 0 aliphatic heterocycles. The number of hydrogen-bond donors (Lipinski definition) is 1. The van der Waals surface area contributed by atoms with Gasteiger partial charge in [0, 0.05) is 5.69 Å². The van der Waals surface area contributed by atoms with E-state index in [-0.39, 0.29) is 6.61 Å². The molecule has 0 saturated carbocycles. The molecule has 2 aromatic carbocycles. The van der Waals surface area contributed by atoms with Gasteiger partial charge in [-0.3, -0.25) is 9.48 Å². The van der Waals surface area contributed by atoms with Gasteiger partial charge in [-0.05, 0) is 50.6 Å². The number of benzene rings is 2. The van der Waals surface area contributed by atoms with Crippen LogP contribution < -0.4 is 10.1 Å². The summed E-state index contributed by atoms with van der Waals surface area (Å²) in [6, 6.07) is 16.8. The Bertz CT molecular complexity index is 1010. The number of carbonyl (C=O) groups excluding carboxylic acids is 2. The number of amides is 1. The van der Waals surface area contributed by atoms with Gasteiger partial charge in [0.25, 0.3) is 5.91 Å². The number of aromatic nitrogens is 2. The van der Waals surface area contributed by atoms with Crippen LogP contribution in [0.15, 0.2) is 54.6 Å². The van der Waals surface area contributed by atoms with Gasteiger partial charge >= 0.3 is 5.97 Å². The summed E-state index contributed by atoms with van der Waals surface area (Å²) in [6.45, 7) is 6.22.